The van der Waals surface area contributed by atoms with E-state index in [1.54, 1.807) is 14.2 Å². The summed E-state index contributed by atoms with van der Waals surface area (Å²) < 4.78 is 10.9. The van der Waals surface area contributed by atoms with Crippen LogP contribution >= 0.6 is 11.3 Å². The van der Waals surface area contributed by atoms with Crippen LogP contribution in [0, 0.1) is 0 Å². The summed E-state index contributed by atoms with van der Waals surface area (Å²) in [5, 5.41) is 5.48. The average molecular weight is 438 g/mol. The van der Waals surface area contributed by atoms with Crippen molar-refractivity contribution in [3.05, 3.63) is 65.2 Å². The lowest BCUT2D eigenvalue weighted by Crippen LogP contribution is -2.43. The number of methoxy groups -OCH3 is 2. The number of amides is 3. The van der Waals surface area contributed by atoms with Crippen molar-refractivity contribution >= 4 is 23.3 Å². The van der Waals surface area contributed by atoms with Crippen LogP contribution in [0.3, 0.4) is 0 Å². The number of carbonyl (C=O) groups excluding carboxylic acids is 2. The van der Waals surface area contributed by atoms with Crippen molar-refractivity contribution in [3.8, 4) is 22.1 Å². The number of hydrogen-bond acceptors (Lipinski definition) is 6. The number of benzene rings is 2. The molecule has 1 N–H and O–H groups in total. The van der Waals surface area contributed by atoms with E-state index in [1.165, 1.54) is 16.2 Å². The second-order valence-corrected chi connectivity index (χ2v) is 7.99. The highest BCUT2D eigenvalue weighted by Gasteiger charge is 2.51. The lowest BCUT2D eigenvalue weighted by molar-refractivity contribution is -0.132. The van der Waals surface area contributed by atoms with Crippen molar-refractivity contribution in [2.45, 2.75) is 25.4 Å². The number of ether oxygens (including phenoxy) is 2. The normalized spacial score (nSPS) is 18.2. The van der Waals surface area contributed by atoms with Crippen molar-refractivity contribution in [1.29, 1.82) is 0 Å². The molecule has 2 aromatic carbocycles. The molecule has 1 atom stereocenters. The lowest BCUT2D eigenvalue weighted by atomic mass is 9.87. The fourth-order valence-electron chi connectivity index (χ4n) is 3.85. The number of imide groups is 1. The molecule has 4 rings (SSSR count). The third kappa shape index (κ3) is 3.53. The average Bonchev–Trinajstić information content (AvgIpc) is 3.37. The van der Waals surface area contributed by atoms with Crippen LogP contribution in [0.2, 0.25) is 0 Å². The van der Waals surface area contributed by atoms with Crippen molar-refractivity contribution in [2.24, 2.45) is 0 Å². The van der Waals surface area contributed by atoms with Crippen molar-refractivity contribution in [3.63, 3.8) is 0 Å². The van der Waals surface area contributed by atoms with E-state index in [0.29, 0.717) is 23.6 Å². The maximum atomic E-state index is 13.3. The quantitative estimate of drug-likeness (QED) is 0.561. The smallest absolute Gasteiger partial charge is 0.325 e. The van der Waals surface area contributed by atoms with Gasteiger partial charge in [-0.05, 0) is 24.1 Å². The van der Waals surface area contributed by atoms with E-state index in [0.717, 1.165) is 16.1 Å². The lowest BCUT2D eigenvalue weighted by Gasteiger charge is -2.25. The molecular weight excluding hydrogens is 414 g/mol. The Bertz CT molecular complexity index is 1120. The van der Waals surface area contributed by atoms with Crippen molar-refractivity contribution in [2.75, 3.05) is 14.2 Å². The molecule has 160 valence electrons. The molecule has 0 saturated carbocycles. The Balaban J connectivity index is 1.61. The summed E-state index contributed by atoms with van der Waals surface area (Å²) in [6.07, 6.45) is 0.460. The maximum absolute atomic E-state index is 13.3. The number of carbonyl (C=O) groups is 2. The zero-order chi connectivity index (χ0) is 22.0. The van der Waals surface area contributed by atoms with Gasteiger partial charge in [-0.3, -0.25) is 9.69 Å². The first kappa shape index (κ1) is 20.9. The molecule has 0 bridgehead atoms. The van der Waals surface area contributed by atoms with Gasteiger partial charge < -0.3 is 14.8 Å². The van der Waals surface area contributed by atoms with Crippen LogP contribution in [0.1, 0.15) is 24.6 Å². The van der Waals surface area contributed by atoms with Crippen molar-refractivity contribution < 1.29 is 19.1 Å². The third-order valence-corrected chi connectivity index (χ3v) is 6.40. The molecule has 3 aromatic rings. The van der Waals surface area contributed by atoms with E-state index in [9.17, 15) is 9.59 Å². The van der Waals surface area contributed by atoms with Gasteiger partial charge in [0.25, 0.3) is 5.91 Å². The Hall–Kier alpha value is -3.39. The Morgan fingerprint density at radius 3 is 2.52 bits per heavy atom. The van der Waals surface area contributed by atoms with Crippen LogP contribution in [0.4, 0.5) is 4.79 Å². The number of aromatic nitrogens is 1. The third-order valence-electron chi connectivity index (χ3n) is 5.48. The predicted molar refractivity (Wildman–Crippen MR) is 118 cm³/mol. The van der Waals surface area contributed by atoms with E-state index >= 15 is 0 Å². The molecule has 0 spiro atoms. The summed E-state index contributed by atoms with van der Waals surface area (Å²) >= 11 is 1.42. The molecule has 1 aromatic heterocycles. The Morgan fingerprint density at radius 1 is 1.06 bits per heavy atom. The summed E-state index contributed by atoms with van der Waals surface area (Å²) in [5.41, 5.74) is 1.15. The van der Waals surface area contributed by atoms with Crippen LogP contribution in [0.5, 0.6) is 11.5 Å². The SMILES string of the molecule is CCC1(c2ccccc2)NC(=O)N(Cc2csc(-c3cccc(OC)c3OC)n2)C1=O. The van der Waals surface area contributed by atoms with Gasteiger partial charge in [0.05, 0.1) is 32.0 Å². The summed E-state index contributed by atoms with van der Waals surface area (Å²) in [5.74, 6) is 0.941. The van der Waals surface area contributed by atoms with Gasteiger partial charge >= 0.3 is 6.03 Å². The molecule has 2 heterocycles. The number of para-hydroxylation sites is 1. The van der Waals surface area contributed by atoms with Gasteiger partial charge in [0, 0.05) is 5.38 Å². The summed E-state index contributed by atoms with van der Waals surface area (Å²) in [6, 6.07) is 14.5. The highest BCUT2D eigenvalue weighted by Crippen LogP contribution is 2.39. The summed E-state index contributed by atoms with van der Waals surface area (Å²) in [4.78, 5) is 31.9. The molecule has 1 aliphatic heterocycles. The van der Waals surface area contributed by atoms with Gasteiger partial charge in [0.1, 0.15) is 10.5 Å². The highest BCUT2D eigenvalue weighted by molar-refractivity contribution is 7.13. The van der Waals surface area contributed by atoms with Gasteiger partial charge in [-0.1, -0.05) is 43.3 Å². The summed E-state index contributed by atoms with van der Waals surface area (Å²) in [7, 11) is 3.16. The van der Waals surface area contributed by atoms with Crippen molar-refractivity contribution in [1.82, 2.24) is 15.2 Å². The van der Waals surface area contributed by atoms with E-state index in [2.05, 4.69) is 10.3 Å². The number of urea groups is 1. The fraction of sp³-hybridized carbons (Fsp3) is 0.261. The zero-order valence-electron chi connectivity index (χ0n) is 17.5. The summed E-state index contributed by atoms with van der Waals surface area (Å²) in [6.45, 7) is 1.99. The molecule has 1 unspecified atom stereocenters. The highest BCUT2D eigenvalue weighted by atomic mass is 32.1. The van der Waals surface area contributed by atoms with Crippen LogP contribution in [0.25, 0.3) is 10.6 Å². The monoisotopic (exact) mass is 437 g/mol. The number of rotatable bonds is 7. The topological polar surface area (TPSA) is 80.8 Å². The van der Waals surface area contributed by atoms with Gasteiger partial charge in [-0.25, -0.2) is 9.78 Å². The fourth-order valence-corrected chi connectivity index (χ4v) is 4.69. The second-order valence-electron chi connectivity index (χ2n) is 7.13. The van der Waals surface area contributed by atoms with Crippen LogP contribution in [-0.2, 0) is 16.9 Å². The van der Waals surface area contributed by atoms with Gasteiger partial charge in [-0.15, -0.1) is 11.3 Å². The molecule has 0 aliphatic carbocycles. The second kappa shape index (κ2) is 8.39. The molecule has 1 fully saturated rings. The van der Waals surface area contributed by atoms with Gasteiger partial charge in [0.15, 0.2) is 11.5 Å². The van der Waals surface area contributed by atoms with E-state index in [-0.39, 0.29) is 12.5 Å². The Morgan fingerprint density at radius 2 is 1.84 bits per heavy atom. The Kier molecular flexibility index (Phi) is 5.65. The van der Waals surface area contributed by atoms with Crippen LogP contribution in [0.15, 0.2) is 53.9 Å². The van der Waals surface area contributed by atoms with Gasteiger partial charge in [-0.2, -0.15) is 0 Å². The number of thiazole rings is 1. The molecule has 1 aliphatic rings. The first-order valence-electron chi connectivity index (χ1n) is 9.89. The van der Waals surface area contributed by atoms with Gasteiger partial charge in [0.2, 0.25) is 0 Å². The molecule has 0 radical (unpaired) electrons. The molecule has 3 amide bonds. The zero-order valence-corrected chi connectivity index (χ0v) is 18.4. The standard InChI is InChI=1S/C23H23N3O4S/c1-4-23(15-9-6-5-7-10-15)21(27)26(22(28)25-23)13-16-14-31-20(24-16)17-11-8-12-18(29-2)19(17)30-3/h5-12,14H,4,13H2,1-3H3,(H,25,28). The first-order valence-corrected chi connectivity index (χ1v) is 10.8. The minimum absolute atomic E-state index is 0.0992. The number of hydrogen-bond donors (Lipinski definition) is 1. The maximum Gasteiger partial charge on any atom is 0.325 e. The molecular formula is C23H23N3O4S. The van der Waals surface area contributed by atoms with E-state index in [4.69, 9.17) is 9.47 Å². The number of nitrogens with zero attached hydrogens (tertiary/aromatic N) is 2. The number of nitrogens with one attached hydrogen (secondary N) is 1. The van der Waals surface area contributed by atoms with E-state index < -0.39 is 11.6 Å². The minimum Gasteiger partial charge on any atom is -0.493 e. The van der Waals surface area contributed by atoms with Crippen LogP contribution < -0.4 is 14.8 Å². The largest absolute Gasteiger partial charge is 0.493 e. The molecule has 8 heteroatoms. The Labute approximate surface area is 184 Å². The molecule has 1 saturated heterocycles. The first-order chi connectivity index (χ1) is 15.0. The molecule has 31 heavy (non-hydrogen) atoms. The molecule has 7 nitrogen and oxygen atoms in total. The van der Waals surface area contributed by atoms with E-state index in [1.807, 2.05) is 60.8 Å². The van der Waals surface area contributed by atoms with Crippen LogP contribution in [-0.4, -0.2) is 36.0 Å². The predicted octanol–water partition coefficient (Wildman–Crippen LogP) is 4.18. The minimum atomic E-state index is -1.05.